The number of nitrogens with one attached hydrogen (secondary N) is 1. The van der Waals surface area contributed by atoms with Gasteiger partial charge in [-0.3, -0.25) is 4.79 Å². The van der Waals surface area contributed by atoms with Crippen molar-refractivity contribution >= 4 is 18.3 Å². The van der Waals surface area contributed by atoms with Crippen LogP contribution in [-0.4, -0.2) is 31.7 Å². The molecule has 0 aliphatic carbocycles. The lowest BCUT2D eigenvalue weighted by atomic mass is 10.1. The van der Waals surface area contributed by atoms with E-state index in [0.717, 1.165) is 19.3 Å². The number of nitrogens with two attached hydrogens (primary N) is 1. The second-order valence-corrected chi connectivity index (χ2v) is 3.28. The van der Waals surface area contributed by atoms with E-state index in [2.05, 4.69) is 12.2 Å². The molecule has 0 aromatic rings. The van der Waals surface area contributed by atoms with Crippen LogP contribution in [0, 0.1) is 0 Å². The number of halogens is 1. The highest BCUT2D eigenvalue weighted by Gasteiger charge is 2.09. The summed E-state index contributed by atoms with van der Waals surface area (Å²) in [6, 6.07) is 0.0999. The number of carbonyl (C=O) groups is 1. The number of unbranched alkanes of at least 4 members (excludes halogenated alkanes) is 1. The van der Waals surface area contributed by atoms with Crippen LogP contribution in [0.4, 0.5) is 0 Å². The van der Waals surface area contributed by atoms with E-state index in [1.54, 1.807) is 0 Å². The molecular weight excluding hydrogens is 216 g/mol. The maximum absolute atomic E-state index is 11.2. The van der Waals surface area contributed by atoms with Crippen molar-refractivity contribution in [3.8, 4) is 0 Å². The summed E-state index contributed by atoms with van der Waals surface area (Å²) in [6.45, 7) is 5.19. The van der Waals surface area contributed by atoms with Crippen LogP contribution in [0.25, 0.3) is 0 Å². The normalized spacial score (nSPS) is 11.7. The lowest BCUT2D eigenvalue weighted by Gasteiger charge is -2.16. The molecule has 1 atom stereocenters. The highest BCUT2D eigenvalue weighted by molar-refractivity contribution is 5.85. The Bertz CT molecular complexity index is 156. The van der Waals surface area contributed by atoms with Gasteiger partial charge in [-0.1, -0.05) is 19.8 Å². The zero-order valence-electron chi connectivity index (χ0n) is 9.62. The Morgan fingerprint density at radius 2 is 2.13 bits per heavy atom. The summed E-state index contributed by atoms with van der Waals surface area (Å²) in [6.07, 6.45) is 3.17. The van der Waals surface area contributed by atoms with Crippen molar-refractivity contribution in [1.29, 1.82) is 0 Å². The SMILES string of the molecule is CCCCC(CN)NC(=O)COCC.Cl. The minimum Gasteiger partial charge on any atom is -0.372 e. The molecule has 92 valence electrons. The van der Waals surface area contributed by atoms with Gasteiger partial charge in [0.1, 0.15) is 6.61 Å². The summed E-state index contributed by atoms with van der Waals surface area (Å²) in [7, 11) is 0. The molecule has 0 aromatic heterocycles. The molecule has 1 amide bonds. The molecule has 0 radical (unpaired) electrons. The van der Waals surface area contributed by atoms with Gasteiger partial charge in [0, 0.05) is 19.2 Å². The van der Waals surface area contributed by atoms with E-state index in [-0.39, 0.29) is 31.0 Å². The third-order valence-electron chi connectivity index (χ3n) is 1.99. The van der Waals surface area contributed by atoms with Crippen LogP contribution in [0.5, 0.6) is 0 Å². The van der Waals surface area contributed by atoms with Crippen LogP contribution in [-0.2, 0) is 9.53 Å². The molecule has 0 saturated carbocycles. The molecule has 5 heteroatoms. The number of carbonyl (C=O) groups excluding carboxylic acids is 1. The van der Waals surface area contributed by atoms with Crippen LogP contribution in [0.15, 0.2) is 0 Å². The predicted octanol–water partition coefficient (Wildman–Crippen LogP) is 1.08. The topological polar surface area (TPSA) is 64.3 Å². The quantitative estimate of drug-likeness (QED) is 0.665. The molecule has 1 unspecified atom stereocenters. The molecule has 4 nitrogen and oxygen atoms in total. The van der Waals surface area contributed by atoms with Crippen molar-refractivity contribution in [3.63, 3.8) is 0 Å². The second-order valence-electron chi connectivity index (χ2n) is 3.28. The first-order chi connectivity index (χ1) is 6.74. The molecule has 0 aromatic carbocycles. The van der Waals surface area contributed by atoms with Gasteiger partial charge < -0.3 is 15.8 Å². The van der Waals surface area contributed by atoms with Crippen LogP contribution in [0.2, 0.25) is 0 Å². The summed E-state index contributed by atoms with van der Waals surface area (Å²) < 4.78 is 4.99. The fourth-order valence-corrected chi connectivity index (χ4v) is 1.16. The van der Waals surface area contributed by atoms with Crippen molar-refractivity contribution in [3.05, 3.63) is 0 Å². The Hall–Kier alpha value is -0.320. The van der Waals surface area contributed by atoms with Gasteiger partial charge in [-0.05, 0) is 13.3 Å². The highest BCUT2D eigenvalue weighted by atomic mass is 35.5. The van der Waals surface area contributed by atoms with E-state index in [0.29, 0.717) is 13.2 Å². The van der Waals surface area contributed by atoms with Gasteiger partial charge in [-0.2, -0.15) is 0 Å². The molecule has 0 heterocycles. The third-order valence-corrected chi connectivity index (χ3v) is 1.99. The predicted molar refractivity (Wildman–Crippen MR) is 64.3 cm³/mol. The molecule has 3 N–H and O–H groups in total. The molecule has 0 rings (SSSR count). The maximum atomic E-state index is 11.2. The minimum absolute atomic E-state index is 0. The number of amides is 1. The average Bonchev–Trinajstić information content (AvgIpc) is 2.21. The number of rotatable bonds is 8. The lowest BCUT2D eigenvalue weighted by Crippen LogP contribution is -2.41. The monoisotopic (exact) mass is 238 g/mol. The first-order valence-electron chi connectivity index (χ1n) is 5.31. The van der Waals surface area contributed by atoms with Crippen LogP contribution < -0.4 is 11.1 Å². The van der Waals surface area contributed by atoms with Crippen LogP contribution in [0.1, 0.15) is 33.1 Å². The largest absolute Gasteiger partial charge is 0.372 e. The highest BCUT2D eigenvalue weighted by Crippen LogP contribution is 1.98. The third kappa shape index (κ3) is 9.97. The van der Waals surface area contributed by atoms with E-state index in [1.165, 1.54) is 0 Å². The molecule has 15 heavy (non-hydrogen) atoms. The van der Waals surface area contributed by atoms with Crippen LogP contribution in [0.3, 0.4) is 0 Å². The van der Waals surface area contributed by atoms with Gasteiger partial charge in [0.2, 0.25) is 5.91 Å². The number of ether oxygens (including phenoxy) is 1. The fourth-order valence-electron chi connectivity index (χ4n) is 1.16. The first kappa shape index (κ1) is 17.1. The smallest absolute Gasteiger partial charge is 0.246 e. The zero-order valence-corrected chi connectivity index (χ0v) is 10.4. The summed E-state index contributed by atoms with van der Waals surface area (Å²) >= 11 is 0. The lowest BCUT2D eigenvalue weighted by molar-refractivity contribution is -0.126. The van der Waals surface area contributed by atoms with Gasteiger partial charge in [-0.15, -0.1) is 12.4 Å². The van der Waals surface area contributed by atoms with Gasteiger partial charge >= 0.3 is 0 Å². The maximum Gasteiger partial charge on any atom is 0.246 e. The van der Waals surface area contributed by atoms with Crippen molar-refractivity contribution < 1.29 is 9.53 Å². The second kappa shape index (κ2) is 11.8. The van der Waals surface area contributed by atoms with E-state index in [9.17, 15) is 4.79 Å². The molecular formula is C10H23ClN2O2. The van der Waals surface area contributed by atoms with Crippen molar-refractivity contribution in [2.24, 2.45) is 5.73 Å². The molecule has 0 aliphatic heterocycles. The van der Waals surface area contributed by atoms with E-state index in [4.69, 9.17) is 10.5 Å². The fraction of sp³-hybridized carbons (Fsp3) is 0.900. The first-order valence-corrected chi connectivity index (χ1v) is 5.31. The van der Waals surface area contributed by atoms with Crippen molar-refractivity contribution in [2.45, 2.75) is 39.2 Å². The average molecular weight is 239 g/mol. The Kier molecular flexibility index (Phi) is 13.4. The molecule has 0 bridgehead atoms. The van der Waals surface area contributed by atoms with Gasteiger partial charge in [0.25, 0.3) is 0 Å². The molecule has 0 aliphatic rings. The van der Waals surface area contributed by atoms with Crippen LogP contribution >= 0.6 is 12.4 Å². The summed E-state index contributed by atoms with van der Waals surface area (Å²) in [4.78, 5) is 11.2. The van der Waals surface area contributed by atoms with Crippen molar-refractivity contribution in [1.82, 2.24) is 5.32 Å². The summed E-state index contributed by atoms with van der Waals surface area (Å²) in [5.74, 6) is -0.0709. The van der Waals surface area contributed by atoms with Gasteiger partial charge in [0.15, 0.2) is 0 Å². The Morgan fingerprint density at radius 3 is 2.60 bits per heavy atom. The van der Waals surface area contributed by atoms with Gasteiger partial charge in [-0.25, -0.2) is 0 Å². The van der Waals surface area contributed by atoms with Gasteiger partial charge in [0.05, 0.1) is 0 Å². The molecule has 0 fully saturated rings. The Labute approximate surface area is 98.3 Å². The Morgan fingerprint density at radius 1 is 1.47 bits per heavy atom. The number of hydrogen-bond donors (Lipinski definition) is 2. The summed E-state index contributed by atoms with van der Waals surface area (Å²) in [5.41, 5.74) is 5.53. The van der Waals surface area contributed by atoms with Crippen molar-refractivity contribution in [2.75, 3.05) is 19.8 Å². The van der Waals surface area contributed by atoms with E-state index < -0.39 is 0 Å². The van der Waals surface area contributed by atoms with E-state index in [1.807, 2.05) is 6.92 Å². The van der Waals surface area contributed by atoms with E-state index >= 15 is 0 Å². The zero-order chi connectivity index (χ0) is 10.8. The molecule has 0 spiro atoms. The standard InChI is InChI=1S/C10H22N2O2.ClH/c1-3-5-6-9(7-11)12-10(13)8-14-4-2;/h9H,3-8,11H2,1-2H3,(H,12,13);1H. The Balaban J connectivity index is 0. The molecule has 0 saturated heterocycles. The summed E-state index contributed by atoms with van der Waals surface area (Å²) in [5, 5.41) is 2.85. The minimum atomic E-state index is -0.0709. The number of hydrogen-bond acceptors (Lipinski definition) is 3.